The third kappa shape index (κ3) is 4.22. The highest BCUT2D eigenvalue weighted by Crippen LogP contribution is 2.21. The van der Waals surface area contributed by atoms with Gasteiger partial charge in [0, 0.05) is 18.9 Å². The molecule has 0 atom stereocenters. The van der Waals surface area contributed by atoms with E-state index < -0.39 is 0 Å². The molecule has 0 bridgehead atoms. The third-order valence-electron chi connectivity index (χ3n) is 3.45. The molecule has 6 heteroatoms. The van der Waals surface area contributed by atoms with Crippen LogP contribution in [0.3, 0.4) is 0 Å². The van der Waals surface area contributed by atoms with E-state index in [1.807, 2.05) is 26.0 Å². The summed E-state index contributed by atoms with van der Waals surface area (Å²) in [5.41, 5.74) is 2.32. The summed E-state index contributed by atoms with van der Waals surface area (Å²) >= 11 is 1.50. The van der Waals surface area contributed by atoms with Gasteiger partial charge in [-0.1, -0.05) is 37.7 Å². The highest BCUT2D eigenvalue weighted by Gasteiger charge is 2.10. The van der Waals surface area contributed by atoms with Crippen LogP contribution in [0.4, 0.5) is 0 Å². The fourth-order valence-corrected chi connectivity index (χ4v) is 2.90. The zero-order valence-corrected chi connectivity index (χ0v) is 14.5. The smallest absolute Gasteiger partial charge is 0.337 e. The summed E-state index contributed by atoms with van der Waals surface area (Å²) in [6.45, 7) is 4.03. The van der Waals surface area contributed by atoms with Crippen molar-refractivity contribution in [2.75, 3.05) is 7.11 Å². The lowest BCUT2D eigenvalue weighted by molar-refractivity contribution is 0.0600. The van der Waals surface area contributed by atoms with E-state index in [1.165, 1.54) is 18.9 Å². The summed E-state index contributed by atoms with van der Waals surface area (Å²) in [6.07, 6.45) is 0. The predicted octanol–water partition coefficient (Wildman–Crippen LogP) is 2.98. The standard InChI is InChI=1S/C17H20N2O3S/c1-11(2)14-9-15(20)19(3)17(18-14)23-10-12-5-7-13(8-6-12)16(21)22-4/h5-9,11H,10H2,1-4H3. The second-order valence-electron chi connectivity index (χ2n) is 5.49. The zero-order chi connectivity index (χ0) is 17.0. The molecular weight excluding hydrogens is 312 g/mol. The quantitative estimate of drug-likeness (QED) is 0.478. The first-order valence-corrected chi connectivity index (χ1v) is 8.29. The van der Waals surface area contributed by atoms with Crippen molar-refractivity contribution in [3.8, 4) is 0 Å². The van der Waals surface area contributed by atoms with Crippen molar-refractivity contribution in [2.45, 2.75) is 30.7 Å². The van der Waals surface area contributed by atoms with Crippen LogP contribution in [0.15, 0.2) is 40.3 Å². The van der Waals surface area contributed by atoms with Gasteiger partial charge in [-0.2, -0.15) is 0 Å². The highest BCUT2D eigenvalue weighted by atomic mass is 32.2. The molecule has 0 unspecified atom stereocenters. The van der Waals surface area contributed by atoms with Crippen molar-refractivity contribution in [1.82, 2.24) is 9.55 Å². The Morgan fingerprint density at radius 3 is 2.52 bits per heavy atom. The van der Waals surface area contributed by atoms with E-state index in [2.05, 4.69) is 9.72 Å². The summed E-state index contributed by atoms with van der Waals surface area (Å²) < 4.78 is 6.23. The van der Waals surface area contributed by atoms with Crippen LogP contribution in [0.1, 0.15) is 41.4 Å². The molecule has 0 aliphatic heterocycles. The number of hydrogen-bond acceptors (Lipinski definition) is 5. The number of ether oxygens (including phenoxy) is 1. The first kappa shape index (κ1) is 17.3. The molecule has 1 heterocycles. The van der Waals surface area contributed by atoms with Gasteiger partial charge < -0.3 is 4.74 Å². The third-order valence-corrected chi connectivity index (χ3v) is 4.55. The van der Waals surface area contributed by atoms with E-state index >= 15 is 0 Å². The number of methoxy groups -OCH3 is 1. The Morgan fingerprint density at radius 2 is 1.96 bits per heavy atom. The Kier molecular flexibility index (Phi) is 5.60. The van der Waals surface area contributed by atoms with Crippen molar-refractivity contribution in [1.29, 1.82) is 0 Å². The van der Waals surface area contributed by atoms with Crippen LogP contribution < -0.4 is 5.56 Å². The molecule has 0 saturated heterocycles. The lowest BCUT2D eigenvalue weighted by Gasteiger charge is -2.11. The Labute approximate surface area is 139 Å². The van der Waals surface area contributed by atoms with Crippen LogP contribution in [0, 0.1) is 0 Å². The highest BCUT2D eigenvalue weighted by molar-refractivity contribution is 7.98. The minimum Gasteiger partial charge on any atom is -0.465 e. The molecule has 23 heavy (non-hydrogen) atoms. The van der Waals surface area contributed by atoms with E-state index in [1.54, 1.807) is 29.8 Å². The zero-order valence-electron chi connectivity index (χ0n) is 13.7. The van der Waals surface area contributed by atoms with E-state index in [9.17, 15) is 9.59 Å². The predicted molar refractivity (Wildman–Crippen MR) is 90.9 cm³/mol. The second-order valence-corrected chi connectivity index (χ2v) is 6.44. The van der Waals surface area contributed by atoms with Gasteiger partial charge in [0.15, 0.2) is 5.16 Å². The molecule has 5 nitrogen and oxygen atoms in total. The minimum atomic E-state index is -0.349. The summed E-state index contributed by atoms with van der Waals surface area (Å²) in [5, 5.41) is 0.693. The van der Waals surface area contributed by atoms with Crippen LogP contribution >= 0.6 is 11.8 Å². The van der Waals surface area contributed by atoms with Crippen molar-refractivity contribution in [3.05, 3.63) is 57.5 Å². The van der Waals surface area contributed by atoms with Crippen LogP contribution in [0.5, 0.6) is 0 Å². The van der Waals surface area contributed by atoms with Crippen molar-refractivity contribution in [2.24, 2.45) is 7.05 Å². The minimum absolute atomic E-state index is 0.0489. The maximum absolute atomic E-state index is 12.0. The molecule has 0 aliphatic carbocycles. The molecule has 2 rings (SSSR count). The van der Waals surface area contributed by atoms with Gasteiger partial charge in [-0.3, -0.25) is 9.36 Å². The molecule has 1 aromatic heterocycles. The van der Waals surface area contributed by atoms with Crippen LogP contribution in [-0.4, -0.2) is 22.6 Å². The van der Waals surface area contributed by atoms with E-state index in [4.69, 9.17) is 0 Å². The molecule has 122 valence electrons. The molecule has 1 aromatic carbocycles. The van der Waals surface area contributed by atoms with Crippen molar-refractivity contribution < 1.29 is 9.53 Å². The number of benzene rings is 1. The first-order chi connectivity index (χ1) is 10.9. The number of nitrogens with zero attached hydrogens (tertiary/aromatic N) is 2. The Hall–Kier alpha value is -2.08. The van der Waals surface area contributed by atoms with E-state index in [0.29, 0.717) is 16.5 Å². The Balaban J connectivity index is 2.14. The second kappa shape index (κ2) is 7.46. The number of thioether (sulfide) groups is 1. The molecule has 0 radical (unpaired) electrons. The molecule has 0 amide bonds. The molecule has 0 N–H and O–H groups in total. The van der Waals surface area contributed by atoms with Gasteiger partial charge in [0.2, 0.25) is 0 Å². The van der Waals surface area contributed by atoms with Gasteiger partial charge >= 0.3 is 5.97 Å². The van der Waals surface area contributed by atoms with Crippen LogP contribution in [0.25, 0.3) is 0 Å². The van der Waals surface area contributed by atoms with Crippen molar-refractivity contribution in [3.63, 3.8) is 0 Å². The summed E-state index contributed by atoms with van der Waals surface area (Å²) in [5.74, 6) is 0.531. The maximum Gasteiger partial charge on any atom is 0.337 e. The van der Waals surface area contributed by atoms with E-state index in [-0.39, 0.29) is 17.4 Å². The number of carbonyl (C=O) groups is 1. The number of esters is 1. The molecule has 0 fully saturated rings. The van der Waals surface area contributed by atoms with Gasteiger partial charge in [-0.05, 0) is 23.6 Å². The Bertz CT molecular complexity index is 751. The lowest BCUT2D eigenvalue weighted by atomic mass is 10.1. The molecule has 2 aromatic rings. The topological polar surface area (TPSA) is 61.2 Å². The molecule has 0 spiro atoms. The molecular formula is C17H20N2O3S. The molecule has 0 saturated carbocycles. The normalized spacial score (nSPS) is 10.8. The fraction of sp³-hybridized carbons (Fsp3) is 0.353. The number of aromatic nitrogens is 2. The van der Waals surface area contributed by atoms with Gasteiger partial charge in [0.25, 0.3) is 5.56 Å². The number of hydrogen-bond donors (Lipinski definition) is 0. The lowest BCUT2D eigenvalue weighted by Crippen LogP contribution is -2.20. The van der Waals surface area contributed by atoms with Gasteiger partial charge in [0.1, 0.15) is 0 Å². The summed E-state index contributed by atoms with van der Waals surface area (Å²) in [6, 6.07) is 8.81. The largest absolute Gasteiger partial charge is 0.465 e. The van der Waals surface area contributed by atoms with E-state index in [0.717, 1.165) is 11.3 Å². The average molecular weight is 332 g/mol. The average Bonchev–Trinajstić information content (AvgIpc) is 2.55. The fourth-order valence-electron chi connectivity index (χ4n) is 1.96. The SMILES string of the molecule is COC(=O)c1ccc(CSc2nc(C(C)C)cc(=O)n2C)cc1. The summed E-state index contributed by atoms with van der Waals surface area (Å²) in [7, 11) is 3.09. The monoisotopic (exact) mass is 332 g/mol. The summed E-state index contributed by atoms with van der Waals surface area (Å²) in [4.78, 5) is 28.0. The van der Waals surface area contributed by atoms with Gasteiger partial charge in [-0.25, -0.2) is 9.78 Å². The number of rotatable bonds is 5. The van der Waals surface area contributed by atoms with Gasteiger partial charge in [0.05, 0.1) is 18.4 Å². The first-order valence-electron chi connectivity index (χ1n) is 7.30. The Morgan fingerprint density at radius 1 is 1.30 bits per heavy atom. The van der Waals surface area contributed by atoms with Crippen molar-refractivity contribution >= 4 is 17.7 Å². The maximum atomic E-state index is 12.0. The van der Waals surface area contributed by atoms with Crippen LogP contribution in [-0.2, 0) is 17.5 Å². The van der Waals surface area contributed by atoms with Gasteiger partial charge in [-0.15, -0.1) is 0 Å². The van der Waals surface area contributed by atoms with Crippen LogP contribution in [0.2, 0.25) is 0 Å². The molecule has 0 aliphatic rings. The number of carbonyl (C=O) groups excluding carboxylic acids is 1.